The second kappa shape index (κ2) is 5.94. The number of hydrogen-bond acceptors (Lipinski definition) is 3. The number of carbonyl (C=O) groups is 2. The largest absolute Gasteiger partial charge is 0.481 e. The van der Waals surface area contributed by atoms with Gasteiger partial charge in [-0.1, -0.05) is 12.1 Å². The molecule has 1 aromatic rings. The molecule has 0 bridgehead atoms. The molecule has 0 atom stereocenters. The quantitative estimate of drug-likeness (QED) is 0.902. The van der Waals surface area contributed by atoms with Crippen molar-refractivity contribution in [3.8, 4) is 5.75 Å². The lowest BCUT2D eigenvalue weighted by molar-refractivity contribution is -0.143. The summed E-state index contributed by atoms with van der Waals surface area (Å²) in [7, 11) is 0. The zero-order chi connectivity index (χ0) is 14.7. The summed E-state index contributed by atoms with van der Waals surface area (Å²) in [5.41, 5.74) is 2.01. The van der Waals surface area contributed by atoms with Crippen LogP contribution in [0.1, 0.15) is 24.0 Å². The number of carboxylic acid groups (broad SMARTS) is 1. The minimum absolute atomic E-state index is 0.347. The van der Waals surface area contributed by atoms with Crippen LogP contribution in [0.3, 0.4) is 0 Å². The van der Waals surface area contributed by atoms with Gasteiger partial charge in [0.1, 0.15) is 5.75 Å². The van der Waals surface area contributed by atoms with Crippen LogP contribution in [-0.2, 0) is 4.79 Å². The Balaban J connectivity index is 1.96. The van der Waals surface area contributed by atoms with Crippen molar-refractivity contribution in [3.05, 3.63) is 29.3 Å². The average Bonchev–Trinajstić information content (AvgIpc) is 2.44. The normalized spacial score (nSPS) is 16.0. The van der Waals surface area contributed by atoms with Crippen molar-refractivity contribution >= 4 is 12.1 Å². The lowest BCUT2D eigenvalue weighted by Gasteiger charge is -2.29. The van der Waals surface area contributed by atoms with Gasteiger partial charge in [0, 0.05) is 13.1 Å². The second-order valence-electron chi connectivity index (χ2n) is 5.17. The molecule has 108 valence electrons. The number of aryl methyl sites for hydroxylation is 1. The zero-order valence-corrected chi connectivity index (χ0v) is 11.8. The highest BCUT2D eigenvalue weighted by Gasteiger charge is 2.28. The molecule has 1 N–H and O–H groups in total. The third-order valence-electron chi connectivity index (χ3n) is 3.85. The minimum atomic E-state index is -0.785. The number of piperidine rings is 1. The average molecular weight is 277 g/mol. The van der Waals surface area contributed by atoms with Crippen LogP contribution in [0.4, 0.5) is 4.79 Å². The van der Waals surface area contributed by atoms with E-state index in [-0.39, 0.29) is 5.92 Å². The summed E-state index contributed by atoms with van der Waals surface area (Å²) in [6.07, 6.45) is 0.566. The first kappa shape index (κ1) is 14.4. The van der Waals surface area contributed by atoms with Crippen LogP contribution in [0.25, 0.3) is 0 Å². The van der Waals surface area contributed by atoms with Gasteiger partial charge in [-0.05, 0) is 43.9 Å². The molecule has 0 aliphatic carbocycles. The van der Waals surface area contributed by atoms with E-state index in [0.29, 0.717) is 31.7 Å². The van der Waals surface area contributed by atoms with Crippen LogP contribution in [0.5, 0.6) is 5.75 Å². The maximum Gasteiger partial charge on any atom is 0.415 e. The lowest BCUT2D eigenvalue weighted by atomic mass is 9.97. The van der Waals surface area contributed by atoms with Crippen LogP contribution in [0, 0.1) is 19.8 Å². The van der Waals surface area contributed by atoms with Crippen molar-refractivity contribution in [3.63, 3.8) is 0 Å². The summed E-state index contributed by atoms with van der Waals surface area (Å²) >= 11 is 0. The van der Waals surface area contributed by atoms with Gasteiger partial charge in [0.2, 0.25) is 0 Å². The lowest BCUT2D eigenvalue weighted by Crippen LogP contribution is -2.41. The Bertz CT molecular complexity index is 519. The molecule has 1 saturated heterocycles. The van der Waals surface area contributed by atoms with Crippen LogP contribution in [0.2, 0.25) is 0 Å². The summed E-state index contributed by atoms with van der Waals surface area (Å²) in [5, 5.41) is 8.93. The van der Waals surface area contributed by atoms with E-state index < -0.39 is 12.1 Å². The van der Waals surface area contributed by atoms with Crippen molar-refractivity contribution < 1.29 is 19.4 Å². The molecule has 0 unspecified atom stereocenters. The third-order valence-corrected chi connectivity index (χ3v) is 3.85. The van der Waals surface area contributed by atoms with Gasteiger partial charge in [-0.15, -0.1) is 0 Å². The predicted molar refractivity (Wildman–Crippen MR) is 73.9 cm³/mol. The summed E-state index contributed by atoms with van der Waals surface area (Å²) in [4.78, 5) is 24.5. The highest BCUT2D eigenvalue weighted by Crippen LogP contribution is 2.23. The molecular weight excluding hydrogens is 258 g/mol. The molecule has 1 fully saturated rings. The maximum absolute atomic E-state index is 12.1. The Kier molecular flexibility index (Phi) is 4.27. The number of ether oxygens (including phenoxy) is 1. The van der Waals surface area contributed by atoms with Gasteiger partial charge in [-0.2, -0.15) is 0 Å². The number of carboxylic acids is 1. The van der Waals surface area contributed by atoms with E-state index in [2.05, 4.69) is 0 Å². The molecule has 0 saturated carbocycles. The Morgan fingerprint density at radius 2 is 1.90 bits per heavy atom. The molecule has 0 aromatic heterocycles. The van der Waals surface area contributed by atoms with Gasteiger partial charge in [0.05, 0.1) is 5.92 Å². The van der Waals surface area contributed by atoms with Gasteiger partial charge >= 0.3 is 12.1 Å². The molecule has 5 heteroatoms. The minimum Gasteiger partial charge on any atom is -0.481 e. The molecule has 1 amide bonds. The highest BCUT2D eigenvalue weighted by atomic mass is 16.6. The zero-order valence-electron chi connectivity index (χ0n) is 11.8. The number of nitrogens with zero attached hydrogens (tertiary/aromatic N) is 1. The van der Waals surface area contributed by atoms with Gasteiger partial charge in [0.15, 0.2) is 0 Å². The van der Waals surface area contributed by atoms with Crippen molar-refractivity contribution in [2.45, 2.75) is 26.7 Å². The molecule has 1 aliphatic heterocycles. The van der Waals surface area contributed by atoms with E-state index in [1.54, 1.807) is 11.0 Å². The summed E-state index contributed by atoms with van der Waals surface area (Å²) in [5.74, 6) is -0.567. The fourth-order valence-corrected chi connectivity index (χ4v) is 2.30. The maximum atomic E-state index is 12.1. The molecule has 2 rings (SSSR count). The first-order valence-corrected chi connectivity index (χ1v) is 6.75. The van der Waals surface area contributed by atoms with E-state index in [1.807, 2.05) is 26.0 Å². The van der Waals surface area contributed by atoms with Gasteiger partial charge in [-0.3, -0.25) is 4.79 Å². The van der Waals surface area contributed by atoms with Crippen LogP contribution >= 0.6 is 0 Å². The molecule has 20 heavy (non-hydrogen) atoms. The van der Waals surface area contributed by atoms with Gasteiger partial charge < -0.3 is 14.7 Å². The number of carbonyl (C=O) groups excluding carboxylic acids is 1. The summed E-state index contributed by atoms with van der Waals surface area (Å²) in [6, 6.07) is 5.58. The Morgan fingerprint density at radius 3 is 2.50 bits per heavy atom. The molecule has 0 spiro atoms. The van der Waals surface area contributed by atoms with Crippen molar-refractivity contribution in [1.29, 1.82) is 0 Å². The summed E-state index contributed by atoms with van der Waals surface area (Å²) < 4.78 is 5.40. The van der Waals surface area contributed by atoms with Crippen molar-refractivity contribution in [2.75, 3.05) is 13.1 Å². The van der Waals surface area contributed by atoms with Crippen LogP contribution in [-0.4, -0.2) is 35.2 Å². The molecular formula is C15H19NO4. The topological polar surface area (TPSA) is 66.8 Å². The van der Waals surface area contributed by atoms with Crippen LogP contribution in [0.15, 0.2) is 18.2 Å². The van der Waals surface area contributed by atoms with E-state index >= 15 is 0 Å². The molecule has 1 aliphatic rings. The number of likely N-dealkylation sites (tertiary alicyclic amines) is 1. The van der Waals surface area contributed by atoms with E-state index in [1.165, 1.54) is 0 Å². The molecule has 1 aromatic carbocycles. The highest BCUT2D eigenvalue weighted by molar-refractivity contribution is 5.73. The first-order valence-electron chi connectivity index (χ1n) is 6.75. The SMILES string of the molecule is Cc1cccc(OC(=O)N2CCC(C(=O)O)CC2)c1C. The van der Waals surface area contributed by atoms with Crippen molar-refractivity contribution in [1.82, 2.24) is 4.90 Å². The molecule has 0 radical (unpaired) electrons. The fourth-order valence-electron chi connectivity index (χ4n) is 2.30. The van der Waals surface area contributed by atoms with E-state index in [9.17, 15) is 9.59 Å². The smallest absolute Gasteiger partial charge is 0.415 e. The van der Waals surface area contributed by atoms with Gasteiger partial charge in [0.25, 0.3) is 0 Å². The molecule has 5 nitrogen and oxygen atoms in total. The monoisotopic (exact) mass is 277 g/mol. The summed E-state index contributed by atoms with van der Waals surface area (Å²) in [6.45, 7) is 4.74. The number of amides is 1. The Labute approximate surface area is 118 Å². The van der Waals surface area contributed by atoms with Crippen molar-refractivity contribution in [2.24, 2.45) is 5.92 Å². The first-order chi connectivity index (χ1) is 9.49. The number of hydrogen-bond donors (Lipinski definition) is 1. The van der Waals surface area contributed by atoms with Crippen LogP contribution < -0.4 is 4.74 Å². The van der Waals surface area contributed by atoms with Gasteiger partial charge in [-0.25, -0.2) is 4.79 Å². The molecule has 1 heterocycles. The predicted octanol–water partition coefficient (Wildman–Crippen LogP) is 2.60. The number of rotatable bonds is 2. The van der Waals surface area contributed by atoms with E-state index in [0.717, 1.165) is 11.1 Å². The second-order valence-corrected chi connectivity index (χ2v) is 5.17. The Morgan fingerprint density at radius 1 is 1.25 bits per heavy atom. The van der Waals surface area contributed by atoms with E-state index in [4.69, 9.17) is 9.84 Å². The number of benzene rings is 1. The number of aliphatic carboxylic acids is 1. The fraction of sp³-hybridized carbons (Fsp3) is 0.467. The Hall–Kier alpha value is -2.04. The third kappa shape index (κ3) is 3.10. The standard InChI is InChI=1S/C15H19NO4/c1-10-4-3-5-13(11(10)2)20-15(19)16-8-6-12(7-9-16)14(17)18/h3-5,12H,6-9H2,1-2H3,(H,17,18).